The molecule has 0 aliphatic heterocycles. The van der Waals surface area contributed by atoms with Crippen LogP contribution in [0.1, 0.15) is 30.6 Å². The summed E-state index contributed by atoms with van der Waals surface area (Å²) < 4.78 is 0. The summed E-state index contributed by atoms with van der Waals surface area (Å²) in [5, 5.41) is 2.79. The number of nitrogen functional groups attached to an aromatic ring is 1. The van der Waals surface area contributed by atoms with E-state index in [9.17, 15) is 4.79 Å². The Bertz CT molecular complexity index is 460. The second kappa shape index (κ2) is 8.52. The normalized spacial score (nSPS) is 10.7. The van der Waals surface area contributed by atoms with Crippen molar-refractivity contribution in [3.05, 3.63) is 23.8 Å². The lowest BCUT2D eigenvalue weighted by Crippen LogP contribution is -2.33. The molecule has 0 fully saturated rings. The molecule has 0 heterocycles. The number of likely N-dealkylation sites (N-methyl/N-ethyl adjacent to an activating group) is 1. The molecule has 5 nitrogen and oxygen atoms in total. The summed E-state index contributed by atoms with van der Waals surface area (Å²) in [6.07, 6.45) is 1.06. The number of hydrogen-bond acceptors (Lipinski definition) is 4. The van der Waals surface area contributed by atoms with E-state index in [2.05, 4.69) is 36.1 Å². The standard InChI is InChI=1S/C16H28N4O/c1-5-9-20(11-10-19(3)4)15-8-7-13(12-14(15)17)16(21)18-6-2/h7-8,12H,5-6,9-11,17H2,1-4H3,(H,18,21). The van der Waals surface area contributed by atoms with Gasteiger partial charge in [-0.1, -0.05) is 6.92 Å². The molecule has 0 unspecified atom stereocenters. The maximum atomic E-state index is 11.8. The fourth-order valence-electron chi connectivity index (χ4n) is 2.19. The van der Waals surface area contributed by atoms with Gasteiger partial charge in [-0.05, 0) is 45.6 Å². The minimum atomic E-state index is -0.0777. The van der Waals surface area contributed by atoms with Gasteiger partial charge in [0.1, 0.15) is 0 Å². The van der Waals surface area contributed by atoms with Gasteiger partial charge in [0, 0.05) is 31.7 Å². The Balaban J connectivity index is 2.91. The van der Waals surface area contributed by atoms with E-state index < -0.39 is 0 Å². The van der Waals surface area contributed by atoms with E-state index in [1.165, 1.54) is 0 Å². The van der Waals surface area contributed by atoms with Crippen molar-refractivity contribution in [2.24, 2.45) is 0 Å². The van der Waals surface area contributed by atoms with Crippen LogP contribution in [0.5, 0.6) is 0 Å². The van der Waals surface area contributed by atoms with Crippen LogP contribution >= 0.6 is 0 Å². The van der Waals surface area contributed by atoms with Gasteiger partial charge in [-0.25, -0.2) is 0 Å². The molecular weight excluding hydrogens is 264 g/mol. The number of carbonyl (C=O) groups excluding carboxylic acids is 1. The lowest BCUT2D eigenvalue weighted by molar-refractivity contribution is 0.0956. The lowest BCUT2D eigenvalue weighted by Gasteiger charge is -2.27. The van der Waals surface area contributed by atoms with E-state index in [1.807, 2.05) is 19.1 Å². The van der Waals surface area contributed by atoms with Crippen LogP contribution in [-0.2, 0) is 0 Å². The molecule has 0 radical (unpaired) electrons. The first-order chi connectivity index (χ1) is 9.99. The highest BCUT2D eigenvalue weighted by Crippen LogP contribution is 2.24. The fourth-order valence-corrected chi connectivity index (χ4v) is 2.19. The average Bonchev–Trinajstić information content (AvgIpc) is 2.43. The molecule has 0 spiro atoms. The molecule has 0 aliphatic carbocycles. The maximum Gasteiger partial charge on any atom is 0.251 e. The molecule has 3 N–H and O–H groups in total. The minimum absolute atomic E-state index is 0.0777. The first kappa shape index (κ1) is 17.3. The molecule has 5 heteroatoms. The highest BCUT2D eigenvalue weighted by Gasteiger charge is 2.12. The van der Waals surface area contributed by atoms with Crippen molar-refractivity contribution in [1.82, 2.24) is 10.2 Å². The van der Waals surface area contributed by atoms with Gasteiger partial charge >= 0.3 is 0 Å². The van der Waals surface area contributed by atoms with Crippen molar-refractivity contribution in [2.75, 3.05) is 50.9 Å². The molecule has 1 rings (SSSR count). The Hall–Kier alpha value is -1.75. The molecule has 118 valence electrons. The molecule has 0 aromatic heterocycles. The molecule has 1 aromatic rings. The molecule has 1 aromatic carbocycles. The summed E-state index contributed by atoms with van der Waals surface area (Å²) in [6, 6.07) is 5.55. The first-order valence-electron chi connectivity index (χ1n) is 7.57. The molecule has 1 amide bonds. The number of anilines is 2. The highest BCUT2D eigenvalue weighted by molar-refractivity contribution is 5.96. The third-order valence-corrected chi connectivity index (χ3v) is 3.28. The van der Waals surface area contributed by atoms with Gasteiger partial charge in [-0.15, -0.1) is 0 Å². The Labute approximate surface area is 128 Å². The molecule has 0 bridgehead atoms. The van der Waals surface area contributed by atoms with E-state index in [1.54, 1.807) is 6.07 Å². The van der Waals surface area contributed by atoms with E-state index >= 15 is 0 Å². The van der Waals surface area contributed by atoms with Crippen LogP contribution < -0.4 is 16.0 Å². The number of nitrogens with zero attached hydrogens (tertiary/aromatic N) is 2. The van der Waals surface area contributed by atoms with Gasteiger partial charge in [0.2, 0.25) is 0 Å². The Morgan fingerprint density at radius 2 is 1.90 bits per heavy atom. The van der Waals surface area contributed by atoms with Crippen LogP contribution in [0.25, 0.3) is 0 Å². The summed E-state index contributed by atoms with van der Waals surface area (Å²) in [7, 11) is 4.12. The van der Waals surface area contributed by atoms with Gasteiger partial charge in [0.25, 0.3) is 5.91 Å². The average molecular weight is 292 g/mol. The Kier molecular flexibility index (Phi) is 7.02. The van der Waals surface area contributed by atoms with Gasteiger partial charge in [-0.3, -0.25) is 4.79 Å². The second-order valence-electron chi connectivity index (χ2n) is 5.42. The number of amides is 1. The zero-order chi connectivity index (χ0) is 15.8. The quantitative estimate of drug-likeness (QED) is 0.717. The topological polar surface area (TPSA) is 61.6 Å². The monoisotopic (exact) mass is 292 g/mol. The van der Waals surface area contributed by atoms with Crippen molar-refractivity contribution < 1.29 is 4.79 Å². The SMILES string of the molecule is CCCN(CCN(C)C)c1ccc(C(=O)NCC)cc1N. The lowest BCUT2D eigenvalue weighted by atomic mass is 10.1. The van der Waals surface area contributed by atoms with Gasteiger partial charge < -0.3 is 20.9 Å². The zero-order valence-corrected chi connectivity index (χ0v) is 13.6. The molecule has 0 atom stereocenters. The molecule has 0 saturated carbocycles. The van der Waals surface area contributed by atoms with E-state index in [0.717, 1.165) is 31.7 Å². The summed E-state index contributed by atoms with van der Waals surface area (Å²) in [6.45, 7) is 7.52. The minimum Gasteiger partial charge on any atom is -0.397 e. The smallest absolute Gasteiger partial charge is 0.251 e. The summed E-state index contributed by atoms with van der Waals surface area (Å²) in [5.41, 5.74) is 8.44. The van der Waals surface area contributed by atoms with Crippen LogP contribution in [0.2, 0.25) is 0 Å². The number of nitrogens with one attached hydrogen (secondary N) is 1. The van der Waals surface area contributed by atoms with Crippen LogP contribution in [-0.4, -0.2) is 51.1 Å². The summed E-state index contributed by atoms with van der Waals surface area (Å²) in [5.74, 6) is -0.0777. The number of carbonyl (C=O) groups is 1. The van der Waals surface area contributed by atoms with Crippen molar-refractivity contribution in [2.45, 2.75) is 20.3 Å². The predicted octanol–water partition coefficient (Wildman–Crippen LogP) is 1.80. The number of nitrogens with two attached hydrogens (primary N) is 1. The van der Waals surface area contributed by atoms with Gasteiger partial charge in [0.15, 0.2) is 0 Å². The summed E-state index contributed by atoms with van der Waals surface area (Å²) >= 11 is 0. The number of rotatable bonds is 8. The molecular formula is C16H28N4O. The zero-order valence-electron chi connectivity index (χ0n) is 13.6. The van der Waals surface area contributed by atoms with E-state index in [0.29, 0.717) is 17.8 Å². The van der Waals surface area contributed by atoms with Crippen molar-refractivity contribution >= 4 is 17.3 Å². The fraction of sp³-hybridized carbons (Fsp3) is 0.562. The number of benzene rings is 1. The van der Waals surface area contributed by atoms with Crippen molar-refractivity contribution in [1.29, 1.82) is 0 Å². The molecule has 0 saturated heterocycles. The van der Waals surface area contributed by atoms with Crippen LogP contribution in [0, 0.1) is 0 Å². The molecule has 0 aliphatic rings. The highest BCUT2D eigenvalue weighted by atomic mass is 16.1. The van der Waals surface area contributed by atoms with Gasteiger partial charge in [-0.2, -0.15) is 0 Å². The van der Waals surface area contributed by atoms with Crippen LogP contribution in [0.3, 0.4) is 0 Å². The van der Waals surface area contributed by atoms with Crippen LogP contribution in [0.4, 0.5) is 11.4 Å². The Morgan fingerprint density at radius 3 is 2.43 bits per heavy atom. The second-order valence-corrected chi connectivity index (χ2v) is 5.42. The number of hydrogen-bond donors (Lipinski definition) is 2. The third kappa shape index (κ3) is 5.27. The largest absolute Gasteiger partial charge is 0.397 e. The van der Waals surface area contributed by atoms with Gasteiger partial charge in [0.05, 0.1) is 11.4 Å². The predicted molar refractivity (Wildman–Crippen MR) is 89.9 cm³/mol. The summed E-state index contributed by atoms with van der Waals surface area (Å²) in [4.78, 5) is 16.3. The molecule has 21 heavy (non-hydrogen) atoms. The first-order valence-corrected chi connectivity index (χ1v) is 7.57. The van der Waals surface area contributed by atoms with E-state index in [-0.39, 0.29) is 5.91 Å². The van der Waals surface area contributed by atoms with E-state index in [4.69, 9.17) is 5.73 Å². The Morgan fingerprint density at radius 1 is 1.19 bits per heavy atom. The maximum absolute atomic E-state index is 11.8. The van der Waals surface area contributed by atoms with Crippen molar-refractivity contribution in [3.8, 4) is 0 Å². The third-order valence-electron chi connectivity index (χ3n) is 3.28. The van der Waals surface area contributed by atoms with Crippen LogP contribution in [0.15, 0.2) is 18.2 Å². The van der Waals surface area contributed by atoms with Crippen molar-refractivity contribution in [3.63, 3.8) is 0 Å².